The second kappa shape index (κ2) is 6.53. The summed E-state index contributed by atoms with van der Waals surface area (Å²) < 4.78 is 0. The minimum atomic E-state index is -0.322. The predicted octanol–water partition coefficient (Wildman–Crippen LogP) is 1.43. The molecular formula is C14H28N2O2. The van der Waals surface area contributed by atoms with E-state index in [1.54, 1.807) is 0 Å². The third kappa shape index (κ3) is 3.95. The van der Waals surface area contributed by atoms with E-state index in [-0.39, 0.29) is 23.5 Å². The summed E-state index contributed by atoms with van der Waals surface area (Å²) in [5.74, 6) is 0.171. The summed E-state index contributed by atoms with van der Waals surface area (Å²) in [5, 5.41) is 15.5. The van der Waals surface area contributed by atoms with Crippen LogP contribution in [0.25, 0.3) is 0 Å². The van der Waals surface area contributed by atoms with Crippen molar-refractivity contribution in [3.8, 4) is 0 Å². The van der Waals surface area contributed by atoms with E-state index in [0.717, 1.165) is 38.8 Å². The van der Waals surface area contributed by atoms with Crippen molar-refractivity contribution in [2.75, 3.05) is 19.7 Å². The summed E-state index contributed by atoms with van der Waals surface area (Å²) in [6, 6.07) is 0. The highest BCUT2D eigenvalue weighted by molar-refractivity contribution is 5.83. The molecule has 0 saturated carbocycles. The van der Waals surface area contributed by atoms with E-state index in [2.05, 4.69) is 17.6 Å². The Labute approximate surface area is 111 Å². The van der Waals surface area contributed by atoms with E-state index in [9.17, 15) is 4.79 Å². The van der Waals surface area contributed by atoms with Crippen LogP contribution in [0.1, 0.15) is 52.9 Å². The minimum Gasteiger partial charge on any atom is -0.396 e. The molecule has 4 heteroatoms. The van der Waals surface area contributed by atoms with Gasteiger partial charge in [-0.15, -0.1) is 0 Å². The maximum Gasteiger partial charge on any atom is 0.226 e. The van der Waals surface area contributed by atoms with E-state index in [0.29, 0.717) is 6.42 Å². The molecule has 1 aliphatic heterocycles. The number of nitrogens with one attached hydrogen (secondary N) is 2. The molecule has 4 nitrogen and oxygen atoms in total. The Hall–Kier alpha value is -0.610. The largest absolute Gasteiger partial charge is 0.396 e. The Morgan fingerprint density at radius 3 is 2.50 bits per heavy atom. The summed E-state index contributed by atoms with van der Waals surface area (Å²) in [6.45, 7) is 8.04. The number of amides is 1. The lowest BCUT2D eigenvalue weighted by Crippen LogP contribution is -2.53. The molecule has 3 N–H and O–H groups in total. The van der Waals surface area contributed by atoms with Crippen molar-refractivity contribution in [3.05, 3.63) is 0 Å². The van der Waals surface area contributed by atoms with Crippen molar-refractivity contribution in [1.29, 1.82) is 0 Å². The van der Waals surface area contributed by atoms with Gasteiger partial charge >= 0.3 is 0 Å². The Balaban J connectivity index is 2.70. The normalized spacial score (nSPS) is 19.6. The molecule has 0 aromatic heterocycles. The predicted molar refractivity (Wildman–Crippen MR) is 73.4 cm³/mol. The summed E-state index contributed by atoms with van der Waals surface area (Å²) in [6.07, 6.45) is 4.42. The van der Waals surface area contributed by atoms with E-state index in [1.807, 2.05) is 13.8 Å². The van der Waals surface area contributed by atoms with E-state index in [4.69, 9.17) is 5.11 Å². The molecule has 0 aromatic carbocycles. The van der Waals surface area contributed by atoms with Crippen molar-refractivity contribution >= 4 is 5.91 Å². The van der Waals surface area contributed by atoms with Gasteiger partial charge in [-0.05, 0) is 52.6 Å². The Morgan fingerprint density at radius 1 is 1.39 bits per heavy atom. The standard InChI is InChI=1S/C14H28N2O2/c1-4-5-14(6-9-15-10-7-14)12(18)16-13(2,3)8-11-17/h15,17H,4-11H2,1-3H3,(H,16,18). The molecule has 0 aromatic rings. The zero-order valence-electron chi connectivity index (χ0n) is 12.0. The van der Waals surface area contributed by atoms with Crippen LogP contribution in [0, 0.1) is 5.41 Å². The zero-order valence-corrected chi connectivity index (χ0v) is 12.0. The maximum absolute atomic E-state index is 12.6. The van der Waals surface area contributed by atoms with Crippen LogP contribution >= 0.6 is 0 Å². The first-order chi connectivity index (χ1) is 8.46. The van der Waals surface area contributed by atoms with Crippen LogP contribution in [0.5, 0.6) is 0 Å². The maximum atomic E-state index is 12.6. The molecule has 1 rings (SSSR count). The van der Waals surface area contributed by atoms with Crippen LogP contribution in [0.15, 0.2) is 0 Å². The van der Waals surface area contributed by atoms with Crippen LogP contribution in [-0.4, -0.2) is 36.2 Å². The highest BCUT2D eigenvalue weighted by Crippen LogP contribution is 2.35. The van der Waals surface area contributed by atoms with Gasteiger partial charge in [0.25, 0.3) is 0 Å². The third-order valence-corrected chi connectivity index (χ3v) is 3.96. The fourth-order valence-corrected chi connectivity index (χ4v) is 2.76. The van der Waals surface area contributed by atoms with Crippen LogP contribution in [0.3, 0.4) is 0 Å². The number of carbonyl (C=O) groups is 1. The summed E-state index contributed by atoms with van der Waals surface area (Å²) in [7, 11) is 0. The van der Waals surface area contributed by atoms with E-state index in [1.165, 1.54) is 0 Å². The third-order valence-electron chi connectivity index (χ3n) is 3.96. The van der Waals surface area contributed by atoms with Gasteiger partial charge in [0, 0.05) is 12.1 Å². The topological polar surface area (TPSA) is 61.4 Å². The monoisotopic (exact) mass is 256 g/mol. The van der Waals surface area contributed by atoms with Crippen LogP contribution in [0.2, 0.25) is 0 Å². The number of aliphatic hydroxyl groups is 1. The number of hydrogen-bond acceptors (Lipinski definition) is 3. The van der Waals surface area contributed by atoms with E-state index >= 15 is 0 Å². The summed E-state index contributed by atoms with van der Waals surface area (Å²) >= 11 is 0. The van der Waals surface area contributed by atoms with Crippen LogP contribution < -0.4 is 10.6 Å². The molecule has 0 bridgehead atoms. The van der Waals surface area contributed by atoms with Gasteiger partial charge in [-0.25, -0.2) is 0 Å². The molecule has 0 unspecified atom stereocenters. The number of aliphatic hydroxyl groups excluding tert-OH is 1. The van der Waals surface area contributed by atoms with Gasteiger partial charge in [-0.2, -0.15) is 0 Å². The fourth-order valence-electron chi connectivity index (χ4n) is 2.76. The molecule has 0 radical (unpaired) electrons. The number of hydrogen-bond donors (Lipinski definition) is 3. The van der Waals surface area contributed by atoms with Gasteiger partial charge in [-0.3, -0.25) is 4.79 Å². The van der Waals surface area contributed by atoms with Crippen molar-refractivity contribution in [2.24, 2.45) is 5.41 Å². The van der Waals surface area contributed by atoms with Crippen LogP contribution in [-0.2, 0) is 4.79 Å². The molecule has 0 spiro atoms. The molecule has 1 fully saturated rings. The lowest BCUT2D eigenvalue weighted by atomic mass is 9.74. The molecule has 1 amide bonds. The first-order valence-corrected chi connectivity index (χ1v) is 7.10. The van der Waals surface area contributed by atoms with Crippen molar-refractivity contribution in [1.82, 2.24) is 10.6 Å². The first-order valence-electron chi connectivity index (χ1n) is 7.10. The van der Waals surface area contributed by atoms with E-state index < -0.39 is 0 Å². The smallest absolute Gasteiger partial charge is 0.226 e. The quantitative estimate of drug-likeness (QED) is 0.674. The molecule has 1 heterocycles. The molecule has 1 saturated heterocycles. The minimum absolute atomic E-state index is 0.107. The first kappa shape index (κ1) is 15.4. The lowest BCUT2D eigenvalue weighted by molar-refractivity contribution is -0.135. The zero-order chi connectivity index (χ0) is 13.6. The lowest BCUT2D eigenvalue weighted by Gasteiger charge is -2.39. The summed E-state index contributed by atoms with van der Waals surface area (Å²) in [4.78, 5) is 12.6. The Kier molecular flexibility index (Phi) is 5.60. The average molecular weight is 256 g/mol. The molecular weight excluding hydrogens is 228 g/mol. The second-order valence-corrected chi connectivity index (χ2v) is 6.09. The molecule has 0 aliphatic carbocycles. The van der Waals surface area contributed by atoms with Crippen molar-refractivity contribution < 1.29 is 9.90 Å². The van der Waals surface area contributed by atoms with Crippen molar-refractivity contribution in [2.45, 2.75) is 58.4 Å². The SMILES string of the molecule is CCCC1(C(=O)NC(C)(C)CCO)CCNCC1. The van der Waals surface area contributed by atoms with Gasteiger partial charge in [-0.1, -0.05) is 13.3 Å². The van der Waals surface area contributed by atoms with Gasteiger partial charge in [0.15, 0.2) is 0 Å². The fraction of sp³-hybridized carbons (Fsp3) is 0.929. The second-order valence-electron chi connectivity index (χ2n) is 6.09. The Morgan fingerprint density at radius 2 is 2.00 bits per heavy atom. The van der Waals surface area contributed by atoms with Crippen molar-refractivity contribution in [3.63, 3.8) is 0 Å². The number of rotatable bonds is 6. The average Bonchev–Trinajstić information content (AvgIpc) is 2.29. The summed E-state index contributed by atoms with van der Waals surface area (Å²) in [5.41, 5.74) is -0.524. The van der Waals surface area contributed by atoms with Gasteiger partial charge in [0.1, 0.15) is 0 Å². The number of carbonyl (C=O) groups excluding carboxylic acids is 1. The molecule has 18 heavy (non-hydrogen) atoms. The van der Waals surface area contributed by atoms with Gasteiger partial charge < -0.3 is 15.7 Å². The van der Waals surface area contributed by atoms with Gasteiger partial charge in [0.05, 0.1) is 5.41 Å². The number of piperidine rings is 1. The molecule has 0 atom stereocenters. The molecule has 106 valence electrons. The highest BCUT2D eigenvalue weighted by Gasteiger charge is 2.40. The highest BCUT2D eigenvalue weighted by atomic mass is 16.3. The van der Waals surface area contributed by atoms with Crippen LogP contribution in [0.4, 0.5) is 0 Å². The van der Waals surface area contributed by atoms with Gasteiger partial charge in [0.2, 0.25) is 5.91 Å². The molecule has 1 aliphatic rings. The Bertz CT molecular complexity index is 265.